The van der Waals surface area contributed by atoms with Gasteiger partial charge in [0.25, 0.3) is 0 Å². The van der Waals surface area contributed by atoms with E-state index in [2.05, 4.69) is 22.3 Å². The molecule has 0 saturated carbocycles. The Morgan fingerprint density at radius 1 is 1.24 bits per heavy atom. The predicted octanol–water partition coefficient (Wildman–Crippen LogP) is 2.72. The lowest BCUT2D eigenvalue weighted by atomic mass is 10.1. The predicted molar refractivity (Wildman–Crippen MR) is 81.9 cm³/mol. The zero-order chi connectivity index (χ0) is 15.1. The summed E-state index contributed by atoms with van der Waals surface area (Å²) in [7, 11) is 0. The SMILES string of the molecule is CC[C@H](NC(=O)N1CCCCCCC1)c1ncnn1CC. The second-order valence-corrected chi connectivity index (χ2v) is 5.60. The van der Waals surface area contributed by atoms with Crippen LogP contribution in [0.4, 0.5) is 4.79 Å². The topological polar surface area (TPSA) is 63.1 Å². The van der Waals surface area contributed by atoms with Crippen LogP contribution < -0.4 is 5.32 Å². The van der Waals surface area contributed by atoms with Crippen LogP contribution in [-0.4, -0.2) is 38.8 Å². The number of nitrogens with one attached hydrogen (secondary N) is 1. The zero-order valence-electron chi connectivity index (χ0n) is 13.2. The number of carbonyl (C=O) groups excluding carboxylic acids is 1. The normalized spacial score (nSPS) is 17.9. The smallest absolute Gasteiger partial charge is 0.317 e. The number of carbonyl (C=O) groups is 1. The molecule has 1 N–H and O–H groups in total. The molecule has 0 bridgehead atoms. The van der Waals surface area contributed by atoms with E-state index in [1.165, 1.54) is 19.3 Å². The molecule has 0 spiro atoms. The molecular formula is C15H27N5O. The van der Waals surface area contributed by atoms with Crippen LogP contribution in [0, 0.1) is 0 Å². The molecule has 1 atom stereocenters. The number of aryl methyl sites for hydroxylation is 1. The van der Waals surface area contributed by atoms with Gasteiger partial charge in [0.05, 0.1) is 6.04 Å². The van der Waals surface area contributed by atoms with Gasteiger partial charge in [-0.25, -0.2) is 14.5 Å². The van der Waals surface area contributed by atoms with Crippen molar-refractivity contribution < 1.29 is 4.79 Å². The average molecular weight is 293 g/mol. The van der Waals surface area contributed by atoms with Crippen molar-refractivity contribution in [1.82, 2.24) is 25.0 Å². The van der Waals surface area contributed by atoms with Crippen molar-refractivity contribution in [1.29, 1.82) is 0 Å². The van der Waals surface area contributed by atoms with Gasteiger partial charge in [-0.05, 0) is 26.2 Å². The van der Waals surface area contributed by atoms with Crippen LogP contribution >= 0.6 is 0 Å². The third kappa shape index (κ3) is 4.19. The van der Waals surface area contributed by atoms with Crippen molar-refractivity contribution in [3.05, 3.63) is 12.2 Å². The monoisotopic (exact) mass is 293 g/mol. The highest BCUT2D eigenvalue weighted by Gasteiger charge is 2.21. The van der Waals surface area contributed by atoms with Gasteiger partial charge in [0, 0.05) is 19.6 Å². The van der Waals surface area contributed by atoms with Gasteiger partial charge in [-0.1, -0.05) is 26.2 Å². The van der Waals surface area contributed by atoms with Gasteiger partial charge in [0.15, 0.2) is 0 Å². The summed E-state index contributed by atoms with van der Waals surface area (Å²) in [4.78, 5) is 18.7. The first kappa shape index (κ1) is 15.8. The first-order chi connectivity index (χ1) is 10.3. The van der Waals surface area contributed by atoms with E-state index in [0.29, 0.717) is 0 Å². The van der Waals surface area contributed by atoms with Gasteiger partial charge in [0.1, 0.15) is 12.2 Å². The molecule has 0 radical (unpaired) electrons. The Kier molecular flexibility index (Phi) is 6.02. The highest BCUT2D eigenvalue weighted by atomic mass is 16.2. The Morgan fingerprint density at radius 2 is 1.90 bits per heavy atom. The quantitative estimate of drug-likeness (QED) is 0.928. The summed E-state index contributed by atoms with van der Waals surface area (Å²) < 4.78 is 1.85. The summed E-state index contributed by atoms with van der Waals surface area (Å²) in [5, 5.41) is 7.32. The number of nitrogens with zero attached hydrogens (tertiary/aromatic N) is 4. The lowest BCUT2D eigenvalue weighted by Gasteiger charge is -2.27. The van der Waals surface area contributed by atoms with E-state index in [-0.39, 0.29) is 12.1 Å². The summed E-state index contributed by atoms with van der Waals surface area (Å²) in [6.45, 7) is 6.59. The van der Waals surface area contributed by atoms with E-state index >= 15 is 0 Å². The second-order valence-electron chi connectivity index (χ2n) is 5.60. The van der Waals surface area contributed by atoms with Gasteiger partial charge in [0.2, 0.25) is 0 Å². The Bertz CT molecular complexity index is 437. The molecule has 1 saturated heterocycles. The second kappa shape index (κ2) is 8.00. The average Bonchev–Trinajstić information content (AvgIpc) is 2.92. The Balaban J connectivity index is 1.98. The number of rotatable bonds is 4. The lowest BCUT2D eigenvalue weighted by molar-refractivity contribution is 0.187. The standard InChI is InChI=1S/C15H27N5O/c1-3-13(14-16-12-17-20(14)4-2)18-15(21)19-10-8-6-5-7-9-11-19/h12-13H,3-11H2,1-2H3,(H,18,21)/t13-/m0/s1. The zero-order valence-corrected chi connectivity index (χ0v) is 13.2. The molecule has 1 aromatic heterocycles. The summed E-state index contributed by atoms with van der Waals surface area (Å²) in [6.07, 6.45) is 8.34. The molecule has 0 unspecified atom stereocenters. The van der Waals surface area contributed by atoms with Crippen LogP contribution in [0.2, 0.25) is 0 Å². The fourth-order valence-corrected chi connectivity index (χ4v) is 2.83. The van der Waals surface area contributed by atoms with E-state index in [9.17, 15) is 4.79 Å². The van der Waals surface area contributed by atoms with Crippen LogP contribution in [0.25, 0.3) is 0 Å². The molecule has 2 heterocycles. The van der Waals surface area contributed by atoms with E-state index in [1.54, 1.807) is 6.33 Å². The number of aromatic nitrogens is 3. The molecular weight excluding hydrogens is 266 g/mol. The van der Waals surface area contributed by atoms with Crippen LogP contribution in [-0.2, 0) is 6.54 Å². The maximum absolute atomic E-state index is 12.5. The van der Waals surface area contributed by atoms with E-state index < -0.39 is 0 Å². The van der Waals surface area contributed by atoms with Crippen molar-refractivity contribution >= 4 is 6.03 Å². The van der Waals surface area contributed by atoms with Crippen molar-refractivity contribution in [2.75, 3.05) is 13.1 Å². The minimum absolute atomic E-state index is 0.0365. The van der Waals surface area contributed by atoms with Crippen LogP contribution in [0.3, 0.4) is 0 Å². The molecule has 118 valence electrons. The van der Waals surface area contributed by atoms with Crippen LogP contribution in [0.15, 0.2) is 6.33 Å². The summed E-state index contributed by atoms with van der Waals surface area (Å²) in [5.41, 5.74) is 0. The molecule has 2 rings (SSSR count). The molecule has 1 fully saturated rings. The largest absolute Gasteiger partial charge is 0.328 e. The minimum Gasteiger partial charge on any atom is -0.328 e. The van der Waals surface area contributed by atoms with E-state index in [1.807, 2.05) is 16.5 Å². The summed E-state index contributed by atoms with van der Waals surface area (Å²) in [5.74, 6) is 0.848. The highest BCUT2D eigenvalue weighted by molar-refractivity contribution is 5.74. The number of amides is 2. The van der Waals surface area contributed by atoms with Crippen molar-refractivity contribution in [3.8, 4) is 0 Å². The maximum atomic E-state index is 12.5. The molecule has 1 aromatic rings. The number of hydrogen-bond acceptors (Lipinski definition) is 3. The molecule has 2 amide bonds. The lowest BCUT2D eigenvalue weighted by Crippen LogP contribution is -2.43. The van der Waals surface area contributed by atoms with E-state index in [4.69, 9.17) is 0 Å². The van der Waals surface area contributed by atoms with Gasteiger partial charge >= 0.3 is 6.03 Å². The minimum atomic E-state index is -0.0645. The van der Waals surface area contributed by atoms with Crippen molar-refractivity contribution in [3.63, 3.8) is 0 Å². The summed E-state index contributed by atoms with van der Waals surface area (Å²) in [6, 6.07) is -0.0280. The Hall–Kier alpha value is -1.59. The number of hydrogen-bond donors (Lipinski definition) is 1. The number of likely N-dealkylation sites (tertiary alicyclic amines) is 1. The Morgan fingerprint density at radius 3 is 2.52 bits per heavy atom. The van der Waals surface area contributed by atoms with Gasteiger partial charge in [-0.15, -0.1) is 0 Å². The summed E-state index contributed by atoms with van der Waals surface area (Å²) >= 11 is 0. The molecule has 6 nitrogen and oxygen atoms in total. The maximum Gasteiger partial charge on any atom is 0.317 e. The van der Waals surface area contributed by atoms with Crippen LogP contribution in [0.5, 0.6) is 0 Å². The van der Waals surface area contributed by atoms with Crippen LogP contribution in [0.1, 0.15) is 64.2 Å². The molecule has 0 aromatic carbocycles. The molecule has 6 heteroatoms. The van der Waals surface area contributed by atoms with Gasteiger partial charge in [-0.3, -0.25) is 0 Å². The van der Waals surface area contributed by atoms with Crippen molar-refractivity contribution in [2.24, 2.45) is 0 Å². The molecule has 21 heavy (non-hydrogen) atoms. The van der Waals surface area contributed by atoms with Gasteiger partial charge < -0.3 is 10.2 Å². The molecule has 1 aliphatic rings. The third-order valence-electron chi connectivity index (χ3n) is 4.11. The highest BCUT2D eigenvalue weighted by Crippen LogP contribution is 2.16. The number of urea groups is 1. The molecule has 0 aliphatic carbocycles. The fourth-order valence-electron chi connectivity index (χ4n) is 2.83. The first-order valence-corrected chi connectivity index (χ1v) is 8.19. The fraction of sp³-hybridized carbons (Fsp3) is 0.800. The molecule has 1 aliphatic heterocycles. The van der Waals surface area contributed by atoms with Crippen molar-refractivity contribution in [2.45, 2.75) is 65.0 Å². The first-order valence-electron chi connectivity index (χ1n) is 8.19. The third-order valence-corrected chi connectivity index (χ3v) is 4.11. The van der Waals surface area contributed by atoms with E-state index in [0.717, 1.165) is 44.7 Å². The van der Waals surface area contributed by atoms with Gasteiger partial charge in [-0.2, -0.15) is 5.10 Å². The Labute approximate surface area is 126 Å².